The Morgan fingerprint density at radius 3 is 1.72 bits per heavy atom. The molecule has 1 N–H and O–H groups in total. The molecule has 3 aromatic carbocycles. The van der Waals surface area contributed by atoms with E-state index in [1.807, 2.05) is 49.1 Å². The van der Waals surface area contributed by atoms with Gasteiger partial charge in [-0.3, -0.25) is 0 Å². The second kappa shape index (κ2) is 8.58. The van der Waals surface area contributed by atoms with E-state index in [0.717, 1.165) is 27.1 Å². The van der Waals surface area contributed by atoms with Crippen molar-refractivity contribution in [3.05, 3.63) is 148 Å². The fourth-order valence-corrected chi connectivity index (χ4v) is 5.22. The molecule has 0 spiro atoms. The van der Waals surface area contributed by atoms with Crippen LogP contribution in [0.5, 0.6) is 0 Å². The topological polar surface area (TPSA) is 38.0 Å². The maximum atomic E-state index is 11.1. The minimum absolute atomic E-state index is 0.627. The van der Waals surface area contributed by atoms with Crippen LogP contribution in [0.15, 0.2) is 115 Å². The van der Waals surface area contributed by atoms with Gasteiger partial charge >= 0.3 is 0 Å². The lowest BCUT2D eigenvalue weighted by atomic mass is 9.77. The lowest BCUT2D eigenvalue weighted by Crippen LogP contribution is -2.37. The molecule has 3 nitrogen and oxygen atoms in total. The molecule has 32 heavy (non-hydrogen) atoms. The van der Waals surface area contributed by atoms with Crippen LogP contribution in [-0.4, -0.2) is 14.7 Å². The number of thiophene rings is 1. The van der Waals surface area contributed by atoms with Crippen molar-refractivity contribution in [2.24, 2.45) is 0 Å². The van der Waals surface area contributed by atoms with Gasteiger partial charge in [-0.2, -0.15) is 0 Å². The molecule has 2 heterocycles. The van der Waals surface area contributed by atoms with Gasteiger partial charge in [-0.25, -0.2) is 4.98 Å². The summed E-state index contributed by atoms with van der Waals surface area (Å²) in [6, 6.07) is 33.4. The molecular formula is C28H24N2OS. The Kier molecular flexibility index (Phi) is 5.48. The molecule has 5 aromatic rings. The van der Waals surface area contributed by atoms with Gasteiger partial charge in [0.1, 0.15) is 11.6 Å². The average Bonchev–Trinajstić information content (AvgIpc) is 3.51. The maximum Gasteiger partial charge on any atom is 0.124 e. The molecule has 0 bridgehead atoms. The number of benzene rings is 3. The molecule has 1 atom stereocenters. The molecule has 0 radical (unpaired) electrons. The van der Waals surface area contributed by atoms with Crippen LogP contribution in [0, 0.1) is 6.92 Å². The van der Waals surface area contributed by atoms with Crippen LogP contribution in [0.25, 0.3) is 0 Å². The predicted octanol–water partition coefficient (Wildman–Crippen LogP) is 6.17. The number of rotatable bonds is 6. The maximum absolute atomic E-state index is 11.1. The first-order valence-corrected chi connectivity index (χ1v) is 11.5. The zero-order valence-electron chi connectivity index (χ0n) is 17.8. The van der Waals surface area contributed by atoms with Crippen LogP contribution in [-0.2, 0) is 5.54 Å². The van der Waals surface area contributed by atoms with Crippen molar-refractivity contribution < 1.29 is 5.11 Å². The molecule has 0 aliphatic heterocycles. The van der Waals surface area contributed by atoms with Crippen molar-refractivity contribution in [2.75, 3.05) is 0 Å². The lowest BCUT2D eigenvalue weighted by molar-refractivity contribution is 0.215. The summed E-state index contributed by atoms with van der Waals surface area (Å²) in [4.78, 5) is 5.78. The van der Waals surface area contributed by atoms with Gasteiger partial charge in [-0.15, -0.1) is 11.3 Å². The van der Waals surface area contributed by atoms with E-state index in [4.69, 9.17) is 0 Å². The summed E-state index contributed by atoms with van der Waals surface area (Å²) in [6.07, 6.45) is 3.06. The van der Waals surface area contributed by atoms with Crippen molar-refractivity contribution in [3.8, 4) is 0 Å². The lowest BCUT2D eigenvalue weighted by Gasteiger charge is -2.37. The fraction of sp³-hybridized carbons (Fsp3) is 0.107. The molecule has 5 rings (SSSR count). The molecule has 0 amide bonds. The number of aryl methyl sites for hydroxylation is 1. The Morgan fingerprint density at radius 1 is 0.781 bits per heavy atom. The highest BCUT2D eigenvalue weighted by atomic mass is 32.1. The summed E-state index contributed by atoms with van der Waals surface area (Å²) in [6.45, 7) is 2.03. The van der Waals surface area contributed by atoms with Crippen molar-refractivity contribution in [3.63, 3.8) is 0 Å². The molecular weight excluding hydrogens is 412 g/mol. The highest BCUT2D eigenvalue weighted by Gasteiger charge is 2.38. The molecule has 1 unspecified atom stereocenters. The van der Waals surface area contributed by atoms with E-state index in [1.165, 1.54) is 0 Å². The van der Waals surface area contributed by atoms with Gasteiger partial charge < -0.3 is 9.67 Å². The summed E-state index contributed by atoms with van der Waals surface area (Å²) in [5.74, 6) is 0. The molecule has 2 aromatic heterocycles. The van der Waals surface area contributed by atoms with E-state index in [-0.39, 0.29) is 0 Å². The third-order valence-electron chi connectivity index (χ3n) is 6.04. The van der Waals surface area contributed by atoms with Gasteiger partial charge in [0.15, 0.2) is 0 Å². The normalized spacial score (nSPS) is 12.6. The van der Waals surface area contributed by atoms with Crippen molar-refractivity contribution >= 4 is 11.3 Å². The first-order valence-electron chi connectivity index (χ1n) is 10.6. The van der Waals surface area contributed by atoms with Crippen LogP contribution in [0.3, 0.4) is 0 Å². The molecule has 0 saturated carbocycles. The zero-order valence-corrected chi connectivity index (χ0v) is 18.6. The van der Waals surface area contributed by atoms with E-state index >= 15 is 0 Å². The highest BCUT2D eigenvalue weighted by molar-refractivity contribution is 7.10. The summed E-state index contributed by atoms with van der Waals surface area (Å²) in [7, 11) is 0. The number of hydrogen-bond acceptors (Lipinski definition) is 3. The summed E-state index contributed by atoms with van der Waals surface area (Å²) < 4.78 is 2.13. The Balaban J connectivity index is 1.76. The Bertz CT molecular complexity index is 1200. The minimum Gasteiger partial charge on any atom is -0.382 e. The van der Waals surface area contributed by atoms with E-state index in [9.17, 15) is 5.11 Å². The number of imidazole rings is 1. The highest BCUT2D eigenvalue weighted by Crippen LogP contribution is 2.41. The minimum atomic E-state index is -0.762. The van der Waals surface area contributed by atoms with Gasteiger partial charge in [-0.05, 0) is 35.1 Å². The van der Waals surface area contributed by atoms with Gasteiger partial charge in [0.2, 0.25) is 0 Å². The molecule has 0 saturated heterocycles. The quantitative estimate of drug-likeness (QED) is 0.323. The molecule has 4 heteroatoms. The predicted molar refractivity (Wildman–Crippen MR) is 130 cm³/mol. The average molecular weight is 437 g/mol. The Labute approximate surface area is 192 Å². The van der Waals surface area contributed by atoms with Gasteiger partial charge in [0, 0.05) is 16.6 Å². The third-order valence-corrected chi connectivity index (χ3v) is 6.90. The van der Waals surface area contributed by atoms with Gasteiger partial charge in [0.05, 0.1) is 12.0 Å². The van der Waals surface area contributed by atoms with Crippen molar-refractivity contribution in [2.45, 2.75) is 18.6 Å². The summed E-state index contributed by atoms with van der Waals surface area (Å²) in [5.41, 5.74) is 4.30. The number of nitrogens with zero attached hydrogens (tertiary/aromatic N) is 2. The van der Waals surface area contributed by atoms with Crippen molar-refractivity contribution in [1.82, 2.24) is 9.55 Å². The standard InChI is InChI=1S/C28H24N2OS/c1-21-25(17-18-32-21)27(31)26-19-30(20-29-26)28(22-11-5-2-6-12-22,23-13-7-3-8-14-23)24-15-9-4-10-16-24/h2-20,27,31H,1H3. The number of hydrogen-bond donors (Lipinski definition) is 1. The fourth-order valence-electron chi connectivity index (χ4n) is 4.49. The number of aliphatic hydroxyl groups is 1. The Hall–Kier alpha value is -3.47. The first-order chi connectivity index (χ1) is 15.7. The summed E-state index contributed by atoms with van der Waals surface area (Å²) >= 11 is 1.64. The number of aliphatic hydroxyl groups excluding tert-OH is 1. The van der Waals surface area contributed by atoms with Crippen LogP contribution >= 0.6 is 11.3 Å². The van der Waals surface area contributed by atoms with E-state index in [0.29, 0.717) is 5.69 Å². The molecule has 0 fully saturated rings. The SMILES string of the molecule is Cc1sccc1C(O)c1cn(C(c2ccccc2)(c2ccccc2)c2ccccc2)cn1. The largest absolute Gasteiger partial charge is 0.382 e. The third kappa shape index (κ3) is 3.38. The van der Waals surface area contributed by atoms with E-state index in [2.05, 4.69) is 82.3 Å². The second-order valence-corrected chi connectivity index (χ2v) is 8.97. The molecule has 158 valence electrons. The van der Waals surface area contributed by atoms with Crippen LogP contribution in [0.2, 0.25) is 0 Å². The van der Waals surface area contributed by atoms with Crippen LogP contribution in [0.4, 0.5) is 0 Å². The zero-order chi connectivity index (χ0) is 22.0. The van der Waals surface area contributed by atoms with Crippen LogP contribution < -0.4 is 0 Å². The number of aromatic nitrogens is 2. The second-order valence-electron chi connectivity index (χ2n) is 7.85. The summed E-state index contributed by atoms with van der Waals surface area (Å²) in [5, 5.41) is 13.1. The molecule has 0 aliphatic rings. The van der Waals surface area contributed by atoms with Gasteiger partial charge in [0.25, 0.3) is 0 Å². The Morgan fingerprint density at radius 2 is 1.28 bits per heavy atom. The van der Waals surface area contributed by atoms with Crippen molar-refractivity contribution in [1.29, 1.82) is 0 Å². The first kappa shape index (κ1) is 20.4. The monoisotopic (exact) mass is 436 g/mol. The van der Waals surface area contributed by atoms with Crippen LogP contribution in [0.1, 0.15) is 38.9 Å². The molecule has 0 aliphatic carbocycles. The van der Waals surface area contributed by atoms with Gasteiger partial charge in [-0.1, -0.05) is 91.0 Å². The smallest absolute Gasteiger partial charge is 0.124 e. The van der Waals surface area contributed by atoms with E-state index < -0.39 is 11.6 Å². The van der Waals surface area contributed by atoms with E-state index in [1.54, 1.807) is 11.3 Å².